The van der Waals surface area contributed by atoms with Crippen LogP contribution in [0.25, 0.3) is 82.4 Å². The van der Waals surface area contributed by atoms with Crippen molar-refractivity contribution in [3.63, 3.8) is 0 Å². The SMILES string of the molecule is c1ccc(-n2c3ccccc3c3cc4c5c6c(ccc5n(-c5ccccc5)c4cc32)c2nccn2c2cccnc62)cc1. The Bertz CT molecular complexity index is 2710. The van der Waals surface area contributed by atoms with Crippen LogP contribution in [0.15, 0.2) is 140 Å². The maximum absolute atomic E-state index is 4.97. The molecular weight excluding hydrogens is 526 g/mol. The topological polar surface area (TPSA) is 40.0 Å². The van der Waals surface area contributed by atoms with E-state index >= 15 is 0 Å². The number of hydrogen-bond donors (Lipinski definition) is 0. The lowest BCUT2D eigenvalue weighted by molar-refractivity contribution is 1.16. The molecule has 0 atom stereocenters. The molecule has 5 heterocycles. The van der Waals surface area contributed by atoms with E-state index in [4.69, 9.17) is 9.97 Å². The van der Waals surface area contributed by atoms with Crippen molar-refractivity contribution >= 4 is 71.1 Å². The quantitative estimate of drug-likeness (QED) is 0.202. The number of pyridine rings is 2. The zero-order valence-corrected chi connectivity index (χ0v) is 23.0. The smallest absolute Gasteiger partial charge is 0.145 e. The van der Waals surface area contributed by atoms with E-state index in [1.807, 2.05) is 24.7 Å². The minimum Gasteiger partial charge on any atom is -0.309 e. The average molecular weight is 550 g/mol. The van der Waals surface area contributed by atoms with Crippen LogP contribution in [0.4, 0.5) is 0 Å². The number of hydrogen-bond acceptors (Lipinski definition) is 2. The van der Waals surface area contributed by atoms with Crippen LogP contribution in [-0.4, -0.2) is 23.5 Å². The van der Waals surface area contributed by atoms with Gasteiger partial charge in [-0.25, -0.2) is 4.98 Å². The number of rotatable bonds is 2. The second kappa shape index (κ2) is 8.30. The molecule has 5 heteroatoms. The summed E-state index contributed by atoms with van der Waals surface area (Å²) in [4.78, 5) is 9.77. The van der Waals surface area contributed by atoms with Gasteiger partial charge in [-0.05, 0) is 66.7 Å². The van der Waals surface area contributed by atoms with Crippen molar-refractivity contribution in [2.24, 2.45) is 0 Å². The highest BCUT2D eigenvalue weighted by molar-refractivity contribution is 6.31. The van der Waals surface area contributed by atoms with Crippen LogP contribution in [0.3, 0.4) is 0 Å². The molecule has 0 aliphatic heterocycles. The first-order valence-electron chi connectivity index (χ1n) is 14.5. The molecule has 5 aromatic carbocycles. The number of para-hydroxylation sites is 3. The Kier molecular flexibility index (Phi) is 4.39. The fourth-order valence-electron chi connectivity index (χ4n) is 7.19. The summed E-state index contributed by atoms with van der Waals surface area (Å²) in [6.45, 7) is 0. The number of benzene rings is 5. The van der Waals surface area contributed by atoms with Crippen LogP contribution in [0.1, 0.15) is 0 Å². The Balaban J connectivity index is 1.49. The van der Waals surface area contributed by atoms with Crippen LogP contribution in [-0.2, 0) is 0 Å². The highest BCUT2D eigenvalue weighted by Gasteiger charge is 2.22. The molecule has 0 saturated heterocycles. The molecule has 0 fully saturated rings. The summed E-state index contributed by atoms with van der Waals surface area (Å²) >= 11 is 0. The Morgan fingerprint density at radius 1 is 0.419 bits per heavy atom. The Hall–Kier alpha value is -5.94. The number of nitrogens with zero attached hydrogens (tertiary/aromatic N) is 5. The standard InChI is InChI=1S/C38H23N5/c1-3-10-24(11-4-1)42-30-15-8-7-14-26(30)28-22-29-34(23-33(28)42)43(25-12-5-2-6-13-25)31-18-17-27-36(35(29)31)37-32(16-9-19-39-37)41-21-20-40-38(27)41/h1-23H. The lowest BCUT2D eigenvalue weighted by Gasteiger charge is -2.11. The van der Waals surface area contributed by atoms with Gasteiger partial charge < -0.3 is 9.13 Å². The van der Waals surface area contributed by atoms with Gasteiger partial charge in [0, 0.05) is 62.3 Å². The minimum absolute atomic E-state index is 0.944. The molecule has 5 nitrogen and oxygen atoms in total. The average Bonchev–Trinajstić information content (AvgIpc) is 3.77. The van der Waals surface area contributed by atoms with Gasteiger partial charge in [0.1, 0.15) is 5.65 Å². The van der Waals surface area contributed by atoms with Crippen LogP contribution in [0.2, 0.25) is 0 Å². The van der Waals surface area contributed by atoms with Gasteiger partial charge in [-0.1, -0.05) is 54.6 Å². The predicted molar refractivity (Wildman–Crippen MR) is 177 cm³/mol. The van der Waals surface area contributed by atoms with Gasteiger partial charge in [0.05, 0.1) is 33.1 Å². The molecule has 0 amide bonds. The Labute approximate surface area is 245 Å². The van der Waals surface area contributed by atoms with Gasteiger partial charge in [-0.3, -0.25) is 9.38 Å². The van der Waals surface area contributed by atoms with Crippen molar-refractivity contribution in [1.82, 2.24) is 23.5 Å². The molecule has 5 aromatic heterocycles. The summed E-state index contributed by atoms with van der Waals surface area (Å²) in [5.74, 6) is 0. The van der Waals surface area contributed by atoms with Gasteiger partial charge in [0.2, 0.25) is 0 Å². The molecule has 0 radical (unpaired) electrons. The molecule has 0 aliphatic carbocycles. The number of fused-ring (bicyclic) bond motifs is 13. The van der Waals surface area contributed by atoms with E-state index in [0.29, 0.717) is 0 Å². The van der Waals surface area contributed by atoms with Crippen molar-refractivity contribution in [3.8, 4) is 11.4 Å². The van der Waals surface area contributed by atoms with E-state index in [1.165, 1.54) is 32.6 Å². The summed E-state index contributed by atoms with van der Waals surface area (Å²) in [6, 6.07) is 43.4. The van der Waals surface area contributed by atoms with Crippen molar-refractivity contribution < 1.29 is 0 Å². The van der Waals surface area contributed by atoms with Gasteiger partial charge in [0.25, 0.3) is 0 Å². The zero-order valence-electron chi connectivity index (χ0n) is 23.0. The monoisotopic (exact) mass is 549 g/mol. The lowest BCUT2D eigenvalue weighted by atomic mass is 10.0. The Morgan fingerprint density at radius 2 is 1.12 bits per heavy atom. The predicted octanol–water partition coefficient (Wildman–Crippen LogP) is 9.23. The normalized spacial score (nSPS) is 12.2. The third kappa shape index (κ3) is 2.95. The summed E-state index contributed by atoms with van der Waals surface area (Å²) < 4.78 is 6.94. The number of aromatic nitrogens is 5. The summed E-state index contributed by atoms with van der Waals surface area (Å²) in [6.07, 6.45) is 5.80. The minimum atomic E-state index is 0.944. The van der Waals surface area contributed by atoms with Crippen molar-refractivity contribution in [3.05, 3.63) is 140 Å². The lowest BCUT2D eigenvalue weighted by Crippen LogP contribution is -1.96. The van der Waals surface area contributed by atoms with Gasteiger partial charge >= 0.3 is 0 Å². The van der Waals surface area contributed by atoms with E-state index in [-0.39, 0.29) is 0 Å². The molecule has 10 rings (SSSR count). The van der Waals surface area contributed by atoms with Gasteiger partial charge in [-0.15, -0.1) is 0 Å². The van der Waals surface area contributed by atoms with Crippen molar-refractivity contribution in [1.29, 1.82) is 0 Å². The molecule has 0 aliphatic rings. The van der Waals surface area contributed by atoms with Gasteiger partial charge in [0.15, 0.2) is 0 Å². The van der Waals surface area contributed by atoms with E-state index < -0.39 is 0 Å². The molecule has 0 N–H and O–H groups in total. The summed E-state index contributed by atoms with van der Waals surface area (Å²) in [7, 11) is 0. The van der Waals surface area contributed by atoms with Crippen LogP contribution >= 0.6 is 0 Å². The fourth-order valence-corrected chi connectivity index (χ4v) is 7.19. The molecule has 43 heavy (non-hydrogen) atoms. The second-order valence-corrected chi connectivity index (χ2v) is 11.1. The van der Waals surface area contributed by atoms with Gasteiger partial charge in [-0.2, -0.15) is 0 Å². The molecule has 0 unspecified atom stereocenters. The first-order chi connectivity index (χ1) is 21.4. The number of imidazole rings is 1. The molecule has 0 bridgehead atoms. The van der Waals surface area contributed by atoms with Crippen molar-refractivity contribution in [2.75, 3.05) is 0 Å². The first kappa shape index (κ1) is 22.7. The third-order valence-corrected chi connectivity index (χ3v) is 8.92. The van der Waals surface area contributed by atoms with E-state index in [0.717, 1.165) is 49.9 Å². The summed E-state index contributed by atoms with van der Waals surface area (Å²) in [5.41, 5.74) is 9.95. The molecular formula is C38H23N5. The molecule has 0 saturated carbocycles. The zero-order chi connectivity index (χ0) is 28.1. The van der Waals surface area contributed by atoms with Crippen LogP contribution < -0.4 is 0 Å². The maximum atomic E-state index is 4.97. The van der Waals surface area contributed by atoms with E-state index in [1.54, 1.807) is 0 Å². The van der Waals surface area contributed by atoms with E-state index in [9.17, 15) is 0 Å². The molecule has 10 aromatic rings. The molecule has 0 spiro atoms. The third-order valence-electron chi connectivity index (χ3n) is 8.92. The summed E-state index contributed by atoms with van der Waals surface area (Å²) in [5, 5.41) is 7.11. The Morgan fingerprint density at radius 3 is 1.93 bits per heavy atom. The van der Waals surface area contributed by atoms with Crippen LogP contribution in [0.5, 0.6) is 0 Å². The highest BCUT2D eigenvalue weighted by atomic mass is 15.0. The second-order valence-electron chi connectivity index (χ2n) is 11.1. The van der Waals surface area contributed by atoms with Crippen LogP contribution in [0, 0.1) is 0 Å². The van der Waals surface area contributed by atoms with Crippen molar-refractivity contribution in [2.45, 2.75) is 0 Å². The van der Waals surface area contributed by atoms with E-state index in [2.05, 4.69) is 129 Å². The largest absolute Gasteiger partial charge is 0.309 e. The molecule has 200 valence electrons. The maximum Gasteiger partial charge on any atom is 0.145 e. The highest BCUT2D eigenvalue weighted by Crippen LogP contribution is 2.43. The fraction of sp³-hybridized carbons (Fsp3) is 0. The first-order valence-corrected chi connectivity index (χ1v) is 14.5.